The number of hydrogen-bond acceptors (Lipinski definition) is 5. The molecule has 0 bridgehead atoms. The Hall–Kier alpha value is -2.41. The number of aromatic nitrogens is 3. The van der Waals surface area contributed by atoms with Crippen LogP contribution in [-0.4, -0.2) is 76.3 Å². The lowest BCUT2D eigenvalue weighted by atomic mass is 9.96. The van der Waals surface area contributed by atoms with Crippen molar-refractivity contribution in [2.75, 3.05) is 50.7 Å². The van der Waals surface area contributed by atoms with Gasteiger partial charge >= 0.3 is 0 Å². The lowest BCUT2D eigenvalue weighted by Crippen LogP contribution is -2.50. The van der Waals surface area contributed by atoms with E-state index in [9.17, 15) is 4.79 Å². The molecule has 0 N–H and O–H groups in total. The molecule has 7 nitrogen and oxygen atoms in total. The molecule has 1 amide bonds. The number of pyridine rings is 1. The zero-order valence-electron chi connectivity index (χ0n) is 17.2. The predicted octanol–water partition coefficient (Wildman–Crippen LogP) is 2.12. The molecule has 2 aliphatic rings. The summed E-state index contributed by atoms with van der Waals surface area (Å²) >= 11 is 0. The van der Waals surface area contributed by atoms with Gasteiger partial charge in [-0.1, -0.05) is 6.07 Å². The Bertz CT molecular complexity index is 742. The fourth-order valence-electron chi connectivity index (χ4n) is 4.49. The Morgan fingerprint density at radius 3 is 2.72 bits per heavy atom. The van der Waals surface area contributed by atoms with E-state index in [0.717, 1.165) is 71.0 Å². The molecule has 2 aliphatic heterocycles. The SMILES string of the molecule is O=C(CCCn1cccn1)N1CCCC(CN2CCN(c3ccccn3)CC2)C1. The van der Waals surface area contributed by atoms with Crippen molar-refractivity contribution in [3.63, 3.8) is 0 Å². The van der Waals surface area contributed by atoms with E-state index in [0.29, 0.717) is 18.2 Å². The molecule has 4 heterocycles. The Balaban J connectivity index is 1.18. The number of carbonyl (C=O) groups is 1. The third-order valence-electron chi connectivity index (χ3n) is 6.07. The second kappa shape index (κ2) is 9.87. The fraction of sp³-hybridized carbons (Fsp3) is 0.591. The first-order valence-corrected chi connectivity index (χ1v) is 10.9. The summed E-state index contributed by atoms with van der Waals surface area (Å²) in [7, 11) is 0. The molecule has 7 heteroatoms. The van der Waals surface area contributed by atoms with Gasteiger partial charge < -0.3 is 9.80 Å². The first kappa shape index (κ1) is 19.9. The molecular formula is C22H32N6O. The highest BCUT2D eigenvalue weighted by Gasteiger charge is 2.26. The number of piperidine rings is 1. The molecule has 29 heavy (non-hydrogen) atoms. The quantitative estimate of drug-likeness (QED) is 0.718. The fourth-order valence-corrected chi connectivity index (χ4v) is 4.49. The highest BCUT2D eigenvalue weighted by molar-refractivity contribution is 5.76. The molecule has 2 saturated heterocycles. The van der Waals surface area contributed by atoms with Crippen LogP contribution < -0.4 is 4.90 Å². The molecule has 0 spiro atoms. The van der Waals surface area contributed by atoms with Crippen molar-refractivity contribution in [2.45, 2.75) is 32.2 Å². The van der Waals surface area contributed by atoms with E-state index < -0.39 is 0 Å². The molecule has 2 fully saturated rings. The van der Waals surface area contributed by atoms with E-state index in [-0.39, 0.29) is 0 Å². The van der Waals surface area contributed by atoms with Crippen LogP contribution in [0.2, 0.25) is 0 Å². The monoisotopic (exact) mass is 396 g/mol. The molecule has 1 unspecified atom stereocenters. The van der Waals surface area contributed by atoms with Gasteiger partial charge in [0, 0.05) is 77.4 Å². The van der Waals surface area contributed by atoms with Gasteiger partial charge in [-0.15, -0.1) is 0 Å². The summed E-state index contributed by atoms with van der Waals surface area (Å²) in [5.41, 5.74) is 0. The van der Waals surface area contributed by atoms with Crippen molar-refractivity contribution in [2.24, 2.45) is 5.92 Å². The van der Waals surface area contributed by atoms with Crippen LogP contribution in [-0.2, 0) is 11.3 Å². The maximum atomic E-state index is 12.6. The van der Waals surface area contributed by atoms with E-state index >= 15 is 0 Å². The summed E-state index contributed by atoms with van der Waals surface area (Å²) in [5.74, 6) is 1.98. The number of hydrogen-bond donors (Lipinski definition) is 0. The lowest BCUT2D eigenvalue weighted by Gasteiger charge is -2.39. The van der Waals surface area contributed by atoms with Gasteiger partial charge in [-0.05, 0) is 43.4 Å². The van der Waals surface area contributed by atoms with Gasteiger partial charge in [-0.2, -0.15) is 5.10 Å². The highest BCUT2D eigenvalue weighted by Crippen LogP contribution is 2.20. The van der Waals surface area contributed by atoms with Crippen molar-refractivity contribution in [3.8, 4) is 0 Å². The second-order valence-electron chi connectivity index (χ2n) is 8.20. The average Bonchev–Trinajstić information content (AvgIpc) is 3.29. The number of aryl methyl sites for hydroxylation is 1. The number of carbonyl (C=O) groups excluding carboxylic acids is 1. The van der Waals surface area contributed by atoms with Gasteiger partial charge in [0.05, 0.1) is 0 Å². The molecule has 0 aromatic carbocycles. The number of nitrogens with zero attached hydrogens (tertiary/aromatic N) is 6. The normalized spacial score (nSPS) is 20.8. The second-order valence-corrected chi connectivity index (χ2v) is 8.20. The molecule has 156 valence electrons. The lowest BCUT2D eigenvalue weighted by molar-refractivity contribution is -0.133. The minimum atomic E-state index is 0.307. The van der Waals surface area contributed by atoms with Crippen LogP contribution in [0.15, 0.2) is 42.9 Å². The number of anilines is 1. The summed E-state index contributed by atoms with van der Waals surface area (Å²) in [6.07, 6.45) is 9.44. The van der Waals surface area contributed by atoms with Crippen LogP contribution in [0.25, 0.3) is 0 Å². The number of piperazine rings is 1. The van der Waals surface area contributed by atoms with Crippen LogP contribution in [0.5, 0.6) is 0 Å². The topological polar surface area (TPSA) is 57.5 Å². The van der Waals surface area contributed by atoms with E-state index in [1.165, 1.54) is 6.42 Å². The van der Waals surface area contributed by atoms with Crippen LogP contribution in [0.4, 0.5) is 5.82 Å². The third kappa shape index (κ3) is 5.56. The molecule has 0 radical (unpaired) electrons. The average molecular weight is 397 g/mol. The number of rotatable bonds is 7. The van der Waals surface area contributed by atoms with Gasteiger partial charge in [0.25, 0.3) is 0 Å². The molecule has 2 aromatic heterocycles. The number of likely N-dealkylation sites (tertiary alicyclic amines) is 1. The van der Waals surface area contributed by atoms with Crippen LogP contribution in [0, 0.1) is 5.92 Å². The minimum absolute atomic E-state index is 0.307. The third-order valence-corrected chi connectivity index (χ3v) is 6.07. The Morgan fingerprint density at radius 1 is 1.07 bits per heavy atom. The predicted molar refractivity (Wildman–Crippen MR) is 114 cm³/mol. The van der Waals surface area contributed by atoms with Crippen molar-refractivity contribution < 1.29 is 4.79 Å². The van der Waals surface area contributed by atoms with Gasteiger partial charge in [-0.3, -0.25) is 14.4 Å². The first-order valence-electron chi connectivity index (χ1n) is 10.9. The van der Waals surface area contributed by atoms with E-state index in [1.54, 1.807) is 6.20 Å². The molecule has 0 saturated carbocycles. The Morgan fingerprint density at radius 2 is 1.97 bits per heavy atom. The van der Waals surface area contributed by atoms with Crippen molar-refractivity contribution >= 4 is 11.7 Å². The minimum Gasteiger partial charge on any atom is -0.354 e. The van der Waals surface area contributed by atoms with E-state index in [1.807, 2.05) is 29.2 Å². The van der Waals surface area contributed by atoms with E-state index in [4.69, 9.17) is 0 Å². The zero-order chi connectivity index (χ0) is 19.9. The van der Waals surface area contributed by atoms with E-state index in [2.05, 4.69) is 36.9 Å². The standard InChI is InChI=1S/C22H32N6O/c29-22(8-4-12-28-13-5-10-24-28)27-11-3-6-20(19-27)18-25-14-16-26(17-15-25)21-7-1-2-9-23-21/h1-2,5,7,9-10,13,20H,3-4,6,8,11-12,14-19H2. The summed E-state index contributed by atoms with van der Waals surface area (Å²) in [4.78, 5) is 24.1. The van der Waals surface area contributed by atoms with Crippen LogP contribution in [0.3, 0.4) is 0 Å². The van der Waals surface area contributed by atoms with Gasteiger partial charge in [0.1, 0.15) is 5.82 Å². The summed E-state index contributed by atoms with van der Waals surface area (Å²) in [5, 5.41) is 4.21. The maximum absolute atomic E-state index is 12.6. The Labute approximate surface area is 173 Å². The summed E-state index contributed by atoms with van der Waals surface area (Å²) in [6, 6.07) is 8.03. The molecule has 0 aliphatic carbocycles. The largest absolute Gasteiger partial charge is 0.354 e. The van der Waals surface area contributed by atoms with Crippen molar-refractivity contribution in [3.05, 3.63) is 42.9 Å². The van der Waals surface area contributed by atoms with Gasteiger partial charge in [0.15, 0.2) is 0 Å². The van der Waals surface area contributed by atoms with Gasteiger partial charge in [0.2, 0.25) is 5.91 Å². The number of amides is 1. The first-order chi connectivity index (χ1) is 14.3. The smallest absolute Gasteiger partial charge is 0.222 e. The molecular weight excluding hydrogens is 364 g/mol. The molecule has 1 atom stereocenters. The highest BCUT2D eigenvalue weighted by atomic mass is 16.2. The van der Waals surface area contributed by atoms with Gasteiger partial charge in [-0.25, -0.2) is 4.98 Å². The Kier molecular flexibility index (Phi) is 6.77. The summed E-state index contributed by atoms with van der Waals surface area (Å²) < 4.78 is 1.90. The van der Waals surface area contributed by atoms with Crippen molar-refractivity contribution in [1.82, 2.24) is 24.6 Å². The summed E-state index contributed by atoms with van der Waals surface area (Å²) in [6.45, 7) is 7.96. The zero-order valence-corrected chi connectivity index (χ0v) is 17.2. The molecule has 4 rings (SSSR count). The van der Waals surface area contributed by atoms with Crippen LogP contribution in [0.1, 0.15) is 25.7 Å². The maximum Gasteiger partial charge on any atom is 0.222 e. The van der Waals surface area contributed by atoms with Crippen LogP contribution >= 0.6 is 0 Å². The van der Waals surface area contributed by atoms with Crippen molar-refractivity contribution in [1.29, 1.82) is 0 Å². The molecule has 2 aromatic rings.